The molecule has 1 saturated heterocycles. The minimum atomic E-state index is -1.06. The monoisotopic (exact) mass is 429 g/mol. The standard InChI is InChI=1S/C27H27NO4/c1-16-17(2)26(4)21-20(22(29)28(23(21)30)18-12-8-6-9-13-18)25(16,3)27(26,5)24(31)32-19-14-10-7-11-15-19/h6-15,20-21H,1-5H3/t20-,21+,25+,26-,27?. The van der Waals surface area contributed by atoms with E-state index in [0.29, 0.717) is 11.4 Å². The molecule has 5 nitrogen and oxygen atoms in total. The van der Waals surface area contributed by atoms with Crippen LogP contribution in [-0.4, -0.2) is 17.8 Å². The molecule has 32 heavy (non-hydrogen) atoms. The van der Waals surface area contributed by atoms with E-state index in [4.69, 9.17) is 4.74 Å². The highest BCUT2D eigenvalue weighted by Crippen LogP contribution is 2.80. The normalized spacial score (nSPS) is 35.5. The molecule has 0 aromatic heterocycles. The van der Waals surface area contributed by atoms with Gasteiger partial charge in [0.25, 0.3) is 0 Å². The van der Waals surface area contributed by atoms with Gasteiger partial charge in [-0.2, -0.15) is 0 Å². The number of ether oxygens (including phenoxy) is 1. The van der Waals surface area contributed by atoms with Gasteiger partial charge in [0, 0.05) is 10.8 Å². The van der Waals surface area contributed by atoms with Crippen molar-refractivity contribution in [1.82, 2.24) is 0 Å². The number of benzene rings is 2. The van der Waals surface area contributed by atoms with Crippen LogP contribution < -0.4 is 9.64 Å². The zero-order valence-electron chi connectivity index (χ0n) is 19.0. The second-order valence-electron chi connectivity index (χ2n) is 9.79. The van der Waals surface area contributed by atoms with Gasteiger partial charge in [-0.05, 0) is 45.0 Å². The van der Waals surface area contributed by atoms with Crippen molar-refractivity contribution in [2.75, 3.05) is 4.90 Å². The number of hydrogen-bond donors (Lipinski definition) is 0. The topological polar surface area (TPSA) is 63.7 Å². The molecule has 2 fully saturated rings. The zero-order chi connectivity index (χ0) is 23.1. The van der Waals surface area contributed by atoms with Crippen molar-refractivity contribution in [3.8, 4) is 5.75 Å². The molecule has 5 atom stereocenters. The van der Waals surface area contributed by atoms with Crippen LogP contribution in [0.1, 0.15) is 34.6 Å². The molecule has 5 heteroatoms. The number of para-hydroxylation sites is 2. The van der Waals surface area contributed by atoms with Crippen LogP contribution in [0.2, 0.25) is 0 Å². The van der Waals surface area contributed by atoms with E-state index in [1.807, 2.05) is 71.0 Å². The molecule has 3 aliphatic rings. The molecule has 1 saturated carbocycles. The van der Waals surface area contributed by atoms with Gasteiger partial charge in [-0.15, -0.1) is 0 Å². The summed E-state index contributed by atoms with van der Waals surface area (Å²) in [6.07, 6.45) is 0. The number of esters is 1. The molecule has 2 bridgehead atoms. The first-order valence-corrected chi connectivity index (χ1v) is 11.0. The number of rotatable bonds is 3. The smallest absolute Gasteiger partial charge is 0.319 e. The van der Waals surface area contributed by atoms with Crippen molar-refractivity contribution < 1.29 is 19.1 Å². The number of allylic oxidation sites excluding steroid dienone is 2. The summed E-state index contributed by atoms with van der Waals surface area (Å²) < 4.78 is 5.85. The van der Waals surface area contributed by atoms with Gasteiger partial charge in [0.15, 0.2) is 0 Å². The second-order valence-corrected chi connectivity index (χ2v) is 9.79. The second kappa shape index (κ2) is 6.41. The maximum Gasteiger partial charge on any atom is 0.319 e. The fourth-order valence-corrected chi connectivity index (χ4v) is 6.94. The Labute approximate surface area is 188 Å². The minimum absolute atomic E-state index is 0.233. The Kier molecular flexibility index (Phi) is 4.14. The number of carbonyl (C=O) groups excluding carboxylic acids is 3. The van der Waals surface area contributed by atoms with Gasteiger partial charge < -0.3 is 4.74 Å². The predicted octanol–water partition coefficient (Wildman–Crippen LogP) is 4.78. The SMILES string of the molecule is CC1=C(C)[C@]2(C)[C@@H]3C(=O)N(c4ccccc4)C(=O)[C@@H]3[C@@]1(C)C2(C)C(=O)Oc1ccccc1. The summed E-state index contributed by atoms with van der Waals surface area (Å²) in [7, 11) is 0. The lowest BCUT2D eigenvalue weighted by Gasteiger charge is -2.43. The van der Waals surface area contributed by atoms with Crippen LogP contribution in [0.4, 0.5) is 5.69 Å². The fourth-order valence-electron chi connectivity index (χ4n) is 6.94. The largest absolute Gasteiger partial charge is 0.426 e. The molecular formula is C27H27NO4. The fraction of sp³-hybridized carbons (Fsp3) is 0.370. The molecule has 2 amide bonds. The van der Waals surface area contributed by atoms with E-state index in [-0.39, 0.29) is 11.8 Å². The van der Waals surface area contributed by atoms with Gasteiger partial charge in [-0.1, -0.05) is 61.4 Å². The van der Waals surface area contributed by atoms with Gasteiger partial charge in [0.1, 0.15) is 5.75 Å². The van der Waals surface area contributed by atoms with E-state index in [9.17, 15) is 14.4 Å². The Morgan fingerprint density at radius 3 is 1.69 bits per heavy atom. The van der Waals surface area contributed by atoms with E-state index in [1.165, 1.54) is 4.90 Å². The maximum absolute atomic E-state index is 13.8. The van der Waals surface area contributed by atoms with Crippen LogP contribution in [0.5, 0.6) is 5.75 Å². The van der Waals surface area contributed by atoms with E-state index in [2.05, 4.69) is 0 Å². The molecule has 1 heterocycles. The van der Waals surface area contributed by atoms with Crippen LogP contribution in [0, 0.1) is 28.1 Å². The van der Waals surface area contributed by atoms with E-state index in [0.717, 1.165) is 11.1 Å². The maximum atomic E-state index is 13.8. The lowest BCUT2D eigenvalue weighted by Crippen LogP contribution is -2.52. The molecule has 1 aliphatic heterocycles. The number of imide groups is 1. The third-order valence-corrected chi connectivity index (χ3v) is 9.12. The predicted molar refractivity (Wildman–Crippen MR) is 121 cm³/mol. The summed E-state index contributed by atoms with van der Waals surface area (Å²) in [5.41, 5.74) is -0.146. The van der Waals surface area contributed by atoms with Crippen molar-refractivity contribution >= 4 is 23.5 Å². The average molecular weight is 430 g/mol. The van der Waals surface area contributed by atoms with Gasteiger partial charge in [-0.25, -0.2) is 4.90 Å². The Bertz CT molecular complexity index is 1140. The van der Waals surface area contributed by atoms with Crippen LogP contribution >= 0.6 is 0 Å². The third kappa shape index (κ3) is 2.07. The van der Waals surface area contributed by atoms with Gasteiger partial charge in [-0.3, -0.25) is 14.4 Å². The molecule has 0 N–H and O–H groups in total. The third-order valence-electron chi connectivity index (χ3n) is 9.12. The summed E-state index contributed by atoms with van der Waals surface area (Å²) >= 11 is 0. The molecule has 0 spiro atoms. The van der Waals surface area contributed by atoms with Crippen LogP contribution in [0.25, 0.3) is 0 Å². The lowest BCUT2D eigenvalue weighted by atomic mass is 9.59. The van der Waals surface area contributed by atoms with E-state index in [1.54, 1.807) is 24.3 Å². The van der Waals surface area contributed by atoms with Crippen LogP contribution in [0.3, 0.4) is 0 Å². The molecule has 164 valence electrons. The van der Waals surface area contributed by atoms with Crippen molar-refractivity contribution in [2.45, 2.75) is 34.6 Å². The van der Waals surface area contributed by atoms with Crippen molar-refractivity contribution in [3.63, 3.8) is 0 Å². The summed E-state index contributed by atoms with van der Waals surface area (Å²) in [5.74, 6) is -1.63. The van der Waals surface area contributed by atoms with Crippen molar-refractivity contribution in [2.24, 2.45) is 28.1 Å². The van der Waals surface area contributed by atoms with Gasteiger partial charge in [0.05, 0.1) is 22.9 Å². The number of carbonyl (C=O) groups is 3. The molecule has 2 aromatic rings. The average Bonchev–Trinajstić information content (AvgIpc) is 3.20. The first-order chi connectivity index (χ1) is 15.1. The molecule has 0 radical (unpaired) electrons. The number of amides is 2. The molecular weight excluding hydrogens is 402 g/mol. The van der Waals surface area contributed by atoms with Gasteiger partial charge in [0.2, 0.25) is 11.8 Å². The number of anilines is 1. The summed E-state index contributed by atoms with van der Waals surface area (Å²) in [4.78, 5) is 42.7. The summed E-state index contributed by atoms with van der Waals surface area (Å²) in [5, 5.41) is 0. The first-order valence-electron chi connectivity index (χ1n) is 11.0. The van der Waals surface area contributed by atoms with E-state index >= 15 is 0 Å². The molecule has 2 aromatic carbocycles. The lowest BCUT2D eigenvalue weighted by molar-refractivity contribution is -0.156. The van der Waals surface area contributed by atoms with Crippen molar-refractivity contribution in [3.05, 3.63) is 71.8 Å². The van der Waals surface area contributed by atoms with Crippen LogP contribution in [-0.2, 0) is 14.4 Å². The summed E-state index contributed by atoms with van der Waals surface area (Å²) in [6.45, 7) is 9.80. The summed E-state index contributed by atoms with van der Waals surface area (Å²) in [6, 6.07) is 18.0. The molecule has 2 aliphatic carbocycles. The number of hydrogen-bond acceptors (Lipinski definition) is 4. The van der Waals surface area contributed by atoms with Gasteiger partial charge >= 0.3 is 5.97 Å². The van der Waals surface area contributed by atoms with E-state index < -0.39 is 34.1 Å². The number of nitrogens with zero attached hydrogens (tertiary/aromatic N) is 1. The number of fused-ring (bicyclic) bond motifs is 5. The Hall–Kier alpha value is -3.21. The van der Waals surface area contributed by atoms with Crippen LogP contribution in [0.15, 0.2) is 71.8 Å². The quantitative estimate of drug-likeness (QED) is 0.305. The highest BCUT2D eigenvalue weighted by Gasteiger charge is 2.84. The molecule has 1 unspecified atom stereocenters. The Morgan fingerprint density at radius 1 is 0.781 bits per heavy atom. The van der Waals surface area contributed by atoms with Crippen molar-refractivity contribution in [1.29, 1.82) is 0 Å². The molecule has 5 rings (SSSR count). The Morgan fingerprint density at radius 2 is 1.22 bits per heavy atom. The minimum Gasteiger partial charge on any atom is -0.426 e. The zero-order valence-corrected chi connectivity index (χ0v) is 19.0. The highest BCUT2D eigenvalue weighted by molar-refractivity contribution is 6.24. The highest BCUT2D eigenvalue weighted by atomic mass is 16.5. The first kappa shape index (κ1) is 20.7. The Balaban J connectivity index is 1.65.